The normalized spacial score (nSPS) is 29.3. The third-order valence-corrected chi connectivity index (χ3v) is 7.02. The number of hydrogen-bond donors (Lipinski definition) is 0. The van der Waals surface area contributed by atoms with Crippen LogP contribution in [-0.4, -0.2) is 64.5 Å². The molecule has 3 aliphatic heterocycles. The van der Waals surface area contributed by atoms with E-state index in [0.717, 1.165) is 25.2 Å². The van der Waals surface area contributed by atoms with Crippen molar-refractivity contribution < 1.29 is 14.0 Å². The fraction of sp³-hybridized carbons (Fsp3) is 0.556. The second-order valence-electron chi connectivity index (χ2n) is 7.05. The highest BCUT2D eigenvalue weighted by atomic mass is 32.2. The summed E-state index contributed by atoms with van der Waals surface area (Å²) >= 11 is 1.73. The third-order valence-electron chi connectivity index (χ3n) is 5.51. The first-order valence-electron chi connectivity index (χ1n) is 8.73. The van der Waals surface area contributed by atoms with Gasteiger partial charge in [0.05, 0.1) is 4.87 Å². The van der Waals surface area contributed by atoms with Crippen LogP contribution in [0.15, 0.2) is 24.3 Å². The van der Waals surface area contributed by atoms with Gasteiger partial charge in [-0.1, -0.05) is 0 Å². The standard InChI is InChI=1S/C18H22FN3O2S/c1-18-7-6-16(23)22(18)15(12-25-18)17(24)21-10-8-20(9-11-21)14-4-2-13(19)3-5-14/h2-5,15H,6-12H2,1H3. The number of thioether (sulfide) groups is 1. The number of halogens is 1. The Balaban J connectivity index is 1.40. The van der Waals surface area contributed by atoms with Crippen molar-refractivity contribution in [2.45, 2.75) is 30.7 Å². The van der Waals surface area contributed by atoms with E-state index in [0.29, 0.717) is 25.3 Å². The molecule has 7 heteroatoms. The van der Waals surface area contributed by atoms with Gasteiger partial charge in [0.15, 0.2) is 0 Å². The molecule has 4 rings (SSSR count). The molecule has 0 spiro atoms. The Morgan fingerprint density at radius 3 is 2.56 bits per heavy atom. The number of piperazine rings is 1. The number of rotatable bonds is 2. The van der Waals surface area contributed by atoms with Gasteiger partial charge < -0.3 is 14.7 Å². The average Bonchev–Trinajstić information content (AvgIpc) is 3.11. The second-order valence-corrected chi connectivity index (χ2v) is 8.56. The molecule has 0 radical (unpaired) electrons. The number of nitrogens with zero attached hydrogens (tertiary/aromatic N) is 3. The molecule has 0 bridgehead atoms. The summed E-state index contributed by atoms with van der Waals surface area (Å²) in [7, 11) is 0. The lowest BCUT2D eigenvalue weighted by molar-refractivity contribution is -0.143. The summed E-state index contributed by atoms with van der Waals surface area (Å²) in [6, 6.07) is 6.15. The van der Waals surface area contributed by atoms with Crippen LogP contribution in [0.25, 0.3) is 0 Å². The Labute approximate surface area is 151 Å². The molecule has 3 saturated heterocycles. The monoisotopic (exact) mass is 363 g/mol. The lowest BCUT2D eigenvalue weighted by Gasteiger charge is -2.39. The molecule has 25 heavy (non-hydrogen) atoms. The van der Waals surface area contributed by atoms with Crippen molar-refractivity contribution in [1.29, 1.82) is 0 Å². The van der Waals surface area contributed by atoms with Gasteiger partial charge in [0.25, 0.3) is 0 Å². The van der Waals surface area contributed by atoms with E-state index in [9.17, 15) is 14.0 Å². The molecular formula is C18H22FN3O2S. The van der Waals surface area contributed by atoms with E-state index in [1.165, 1.54) is 12.1 Å². The van der Waals surface area contributed by atoms with Gasteiger partial charge in [0, 0.05) is 44.0 Å². The van der Waals surface area contributed by atoms with Crippen LogP contribution in [0.4, 0.5) is 10.1 Å². The highest BCUT2D eigenvalue weighted by molar-refractivity contribution is 8.01. The predicted octanol–water partition coefficient (Wildman–Crippen LogP) is 1.93. The number of carbonyl (C=O) groups excluding carboxylic acids is 2. The molecule has 3 fully saturated rings. The number of carbonyl (C=O) groups is 2. The van der Waals surface area contributed by atoms with Crippen LogP contribution >= 0.6 is 11.8 Å². The molecule has 0 aromatic heterocycles. The van der Waals surface area contributed by atoms with Gasteiger partial charge in [-0.05, 0) is 37.6 Å². The van der Waals surface area contributed by atoms with Crippen LogP contribution in [0, 0.1) is 5.82 Å². The van der Waals surface area contributed by atoms with Crippen molar-refractivity contribution in [2.24, 2.45) is 0 Å². The molecule has 5 nitrogen and oxygen atoms in total. The Morgan fingerprint density at radius 1 is 1.20 bits per heavy atom. The van der Waals surface area contributed by atoms with Crippen molar-refractivity contribution in [3.8, 4) is 0 Å². The van der Waals surface area contributed by atoms with Crippen LogP contribution in [0.3, 0.4) is 0 Å². The minimum atomic E-state index is -0.317. The van der Waals surface area contributed by atoms with Gasteiger partial charge in [-0.3, -0.25) is 9.59 Å². The number of fused-ring (bicyclic) bond motifs is 1. The van der Waals surface area contributed by atoms with Crippen molar-refractivity contribution in [1.82, 2.24) is 9.80 Å². The van der Waals surface area contributed by atoms with Gasteiger partial charge in [0.2, 0.25) is 11.8 Å². The lowest BCUT2D eigenvalue weighted by atomic mass is 10.1. The van der Waals surface area contributed by atoms with E-state index in [1.54, 1.807) is 23.9 Å². The lowest BCUT2D eigenvalue weighted by Crippen LogP contribution is -2.56. The van der Waals surface area contributed by atoms with Gasteiger partial charge in [-0.15, -0.1) is 11.8 Å². The second kappa shape index (κ2) is 6.20. The minimum absolute atomic E-state index is 0.0743. The Hall–Kier alpha value is -1.76. The highest BCUT2D eigenvalue weighted by Crippen LogP contribution is 2.47. The van der Waals surface area contributed by atoms with E-state index in [1.807, 2.05) is 9.80 Å². The summed E-state index contributed by atoms with van der Waals surface area (Å²) in [4.78, 5) is 30.9. The Kier molecular flexibility index (Phi) is 4.14. The molecule has 134 valence electrons. The van der Waals surface area contributed by atoms with Crippen molar-refractivity contribution >= 4 is 29.3 Å². The maximum absolute atomic E-state index is 13.1. The minimum Gasteiger partial charge on any atom is -0.368 e. The van der Waals surface area contributed by atoms with Gasteiger partial charge in [0.1, 0.15) is 11.9 Å². The highest BCUT2D eigenvalue weighted by Gasteiger charge is 2.53. The Morgan fingerprint density at radius 2 is 1.88 bits per heavy atom. The van der Waals surface area contributed by atoms with E-state index in [4.69, 9.17) is 0 Å². The van der Waals surface area contributed by atoms with E-state index in [-0.39, 0.29) is 28.5 Å². The van der Waals surface area contributed by atoms with Crippen molar-refractivity contribution in [3.05, 3.63) is 30.1 Å². The summed E-state index contributed by atoms with van der Waals surface area (Å²) < 4.78 is 13.1. The van der Waals surface area contributed by atoms with Crippen LogP contribution in [0.1, 0.15) is 19.8 Å². The molecule has 3 heterocycles. The summed E-state index contributed by atoms with van der Waals surface area (Å²) in [6.45, 7) is 4.79. The van der Waals surface area contributed by atoms with Gasteiger partial charge in [-0.25, -0.2) is 4.39 Å². The zero-order chi connectivity index (χ0) is 17.6. The maximum Gasteiger partial charge on any atom is 0.246 e. The van der Waals surface area contributed by atoms with Gasteiger partial charge >= 0.3 is 0 Å². The van der Waals surface area contributed by atoms with Crippen molar-refractivity contribution in [2.75, 3.05) is 36.8 Å². The van der Waals surface area contributed by atoms with E-state index < -0.39 is 0 Å². The predicted molar refractivity (Wildman–Crippen MR) is 95.9 cm³/mol. The fourth-order valence-electron chi connectivity index (χ4n) is 4.05. The topological polar surface area (TPSA) is 43.9 Å². The summed E-state index contributed by atoms with van der Waals surface area (Å²) in [5, 5.41) is 0. The van der Waals surface area contributed by atoms with Crippen molar-refractivity contribution in [3.63, 3.8) is 0 Å². The summed E-state index contributed by atoms with van der Waals surface area (Å²) in [5.74, 6) is 0.634. The molecule has 1 aromatic carbocycles. The smallest absolute Gasteiger partial charge is 0.246 e. The average molecular weight is 363 g/mol. The van der Waals surface area contributed by atoms with Crippen LogP contribution in [0.2, 0.25) is 0 Å². The van der Waals surface area contributed by atoms with Crippen LogP contribution in [0.5, 0.6) is 0 Å². The van der Waals surface area contributed by atoms with E-state index in [2.05, 4.69) is 11.8 Å². The summed E-state index contributed by atoms with van der Waals surface area (Å²) in [5.41, 5.74) is 0.979. The molecule has 2 unspecified atom stereocenters. The molecule has 0 saturated carbocycles. The van der Waals surface area contributed by atoms with E-state index >= 15 is 0 Å². The number of amides is 2. The number of benzene rings is 1. The number of hydrogen-bond acceptors (Lipinski definition) is 4. The SMILES string of the molecule is CC12CCC(=O)N1C(C(=O)N1CCN(c3ccc(F)cc3)CC1)CS2. The van der Waals surface area contributed by atoms with Crippen LogP contribution in [-0.2, 0) is 9.59 Å². The quantitative estimate of drug-likeness (QED) is 0.805. The first-order chi connectivity index (χ1) is 12.0. The number of anilines is 1. The summed E-state index contributed by atoms with van der Waals surface area (Å²) in [6.07, 6.45) is 1.38. The third kappa shape index (κ3) is 2.88. The Bertz CT molecular complexity index is 690. The first kappa shape index (κ1) is 16.7. The van der Waals surface area contributed by atoms with Gasteiger partial charge in [-0.2, -0.15) is 0 Å². The maximum atomic E-state index is 13.1. The molecule has 2 amide bonds. The fourth-order valence-corrected chi connectivity index (χ4v) is 5.47. The zero-order valence-corrected chi connectivity index (χ0v) is 15.1. The molecule has 1 aromatic rings. The first-order valence-corrected chi connectivity index (χ1v) is 9.72. The molecule has 0 N–H and O–H groups in total. The molecule has 2 atom stereocenters. The largest absolute Gasteiger partial charge is 0.368 e. The van der Waals surface area contributed by atoms with Crippen LogP contribution < -0.4 is 4.90 Å². The molecule has 3 aliphatic rings. The zero-order valence-electron chi connectivity index (χ0n) is 14.3. The molecule has 0 aliphatic carbocycles. The molecular weight excluding hydrogens is 341 g/mol.